The number of benzene rings is 1. The van der Waals surface area contributed by atoms with Crippen molar-refractivity contribution >= 4 is 30.1 Å². The topological polar surface area (TPSA) is 33.5 Å². The minimum absolute atomic E-state index is 0.125. The molecule has 1 amide bonds. The van der Waals surface area contributed by atoms with Gasteiger partial charge in [-0.1, -0.05) is 11.6 Å². The molecule has 0 saturated heterocycles. The van der Waals surface area contributed by atoms with E-state index in [1.54, 1.807) is 35.4 Å². The lowest BCUT2D eigenvalue weighted by Gasteiger charge is -2.20. The Morgan fingerprint density at radius 2 is 2.21 bits per heavy atom. The van der Waals surface area contributed by atoms with Gasteiger partial charge in [0.2, 0.25) is 0 Å². The molecule has 5 heteroatoms. The maximum Gasteiger partial charge on any atom is 0.255 e. The molecule has 1 heterocycles. The number of furan rings is 1. The van der Waals surface area contributed by atoms with Crippen LogP contribution >= 0.6 is 24.2 Å². The molecule has 0 atom stereocenters. The van der Waals surface area contributed by atoms with E-state index in [4.69, 9.17) is 16.0 Å². The molecule has 100 valence electrons. The minimum atomic E-state index is -0.125. The molecule has 0 bridgehead atoms. The molecule has 0 aliphatic rings. The zero-order valence-electron chi connectivity index (χ0n) is 10.5. The smallest absolute Gasteiger partial charge is 0.255 e. The van der Waals surface area contributed by atoms with Crippen LogP contribution < -0.4 is 0 Å². The Balaban J connectivity index is 2.23. The van der Waals surface area contributed by atoms with Gasteiger partial charge in [0.15, 0.2) is 0 Å². The van der Waals surface area contributed by atoms with Crippen molar-refractivity contribution in [2.45, 2.75) is 18.4 Å². The molecule has 0 radical (unpaired) electrons. The molecule has 2 aromatic rings. The molecule has 0 unspecified atom stereocenters. The minimum Gasteiger partial charge on any atom is -0.467 e. The zero-order chi connectivity index (χ0) is 13.8. The first-order valence-electron chi connectivity index (χ1n) is 5.92. The van der Waals surface area contributed by atoms with Crippen molar-refractivity contribution in [1.82, 2.24) is 4.90 Å². The highest BCUT2D eigenvalue weighted by molar-refractivity contribution is 7.80. The lowest BCUT2D eigenvalue weighted by atomic mass is 10.2. The molecule has 0 saturated carbocycles. The van der Waals surface area contributed by atoms with E-state index in [9.17, 15) is 4.79 Å². The maximum absolute atomic E-state index is 12.4. The molecule has 1 aromatic carbocycles. The Labute approximate surface area is 122 Å². The fourth-order valence-corrected chi connectivity index (χ4v) is 2.17. The van der Waals surface area contributed by atoms with Crippen molar-refractivity contribution in [3.63, 3.8) is 0 Å². The van der Waals surface area contributed by atoms with Crippen LogP contribution in [0.2, 0.25) is 5.02 Å². The van der Waals surface area contributed by atoms with Gasteiger partial charge in [0, 0.05) is 11.4 Å². The number of carbonyl (C=O) groups excluding carboxylic acids is 1. The second-order valence-electron chi connectivity index (χ2n) is 4.06. The number of nitrogens with zero attached hydrogens (tertiary/aromatic N) is 1. The van der Waals surface area contributed by atoms with Crippen LogP contribution in [0, 0.1) is 0 Å². The van der Waals surface area contributed by atoms with Crippen molar-refractivity contribution < 1.29 is 9.21 Å². The van der Waals surface area contributed by atoms with E-state index in [0.717, 1.165) is 5.76 Å². The predicted molar refractivity (Wildman–Crippen MR) is 77.8 cm³/mol. The van der Waals surface area contributed by atoms with Crippen LogP contribution in [0.25, 0.3) is 0 Å². The first-order chi connectivity index (χ1) is 9.11. The van der Waals surface area contributed by atoms with Gasteiger partial charge in [-0.3, -0.25) is 4.79 Å². The van der Waals surface area contributed by atoms with Crippen molar-refractivity contribution in [1.29, 1.82) is 0 Å². The highest BCUT2D eigenvalue weighted by Gasteiger charge is 2.18. The summed E-state index contributed by atoms with van der Waals surface area (Å²) < 4.78 is 5.26. The van der Waals surface area contributed by atoms with Crippen LogP contribution in [0.3, 0.4) is 0 Å². The molecule has 0 N–H and O–H groups in total. The fraction of sp³-hybridized carbons (Fsp3) is 0.214. The summed E-state index contributed by atoms with van der Waals surface area (Å²) in [7, 11) is 0. The molecule has 0 fully saturated rings. The Morgan fingerprint density at radius 3 is 2.84 bits per heavy atom. The third-order valence-electron chi connectivity index (χ3n) is 2.78. The van der Waals surface area contributed by atoms with Gasteiger partial charge in [-0.05, 0) is 37.3 Å². The largest absolute Gasteiger partial charge is 0.467 e. The zero-order valence-corrected chi connectivity index (χ0v) is 12.1. The molecule has 0 aliphatic carbocycles. The first kappa shape index (κ1) is 14.0. The van der Waals surface area contributed by atoms with Crippen molar-refractivity contribution in [2.24, 2.45) is 0 Å². The number of thiol groups is 1. The van der Waals surface area contributed by atoms with E-state index >= 15 is 0 Å². The van der Waals surface area contributed by atoms with E-state index in [2.05, 4.69) is 12.6 Å². The van der Waals surface area contributed by atoms with Gasteiger partial charge < -0.3 is 9.32 Å². The lowest BCUT2D eigenvalue weighted by Crippen LogP contribution is -2.30. The quantitative estimate of drug-likeness (QED) is 0.868. The number of hydrogen-bond acceptors (Lipinski definition) is 3. The third-order valence-corrected chi connectivity index (χ3v) is 3.38. The molecular weight excluding hydrogens is 282 g/mol. The molecule has 0 aliphatic heterocycles. The first-order valence-corrected chi connectivity index (χ1v) is 6.74. The predicted octanol–water partition coefficient (Wildman–Crippen LogP) is 3.88. The molecular formula is C14H14ClNO2S. The number of hydrogen-bond donors (Lipinski definition) is 1. The standard InChI is InChI=1S/C14H14ClNO2S/c1-2-16(9-10-4-3-7-18-10)14(17)12-8-11(19)5-6-13(12)15/h3-8,19H,2,9H2,1H3. The SMILES string of the molecule is CCN(Cc1ccco1)C(=O)c1cc(S)ccc1Cl. The van der Waals surface area contributed by atoms with Gasteiger partial charge in [0.05, 0.1) is 23.4 Å². The van der Waals surface area contributed by atoms with Crippen LogP contribution in [-0.2, 0) is 6.54 Å². The molecule has 2 rings (SSSR count). The summed E-state index contributed by atoms with van der Waals surface area (Å²) in [5.74, 6) is 0.619. The average Bonchev–Trinajstić information content (AvgIpc) is 2.91. The monoisotopic (exact) mass is 295 g/mol. The number of rotatable bonds is 4. The number of amides is 1. The summed E-state index contributed by atoms with van der Waals surface area (Å²) in [6, 6.07) is 8.75. The molecule has 0 spiro atoms. The van der Waals surface area contributed by atoms with Gasteiger partial charge in [-0.15, -0.1) is 12.6 Å². The Morgan fingerprint density at radius 1 is 1.42 bits per heavy atom. The van der Waals surface area contributed by atoms with E-state index in [0.29, 0.717) is 28.6 Å². The van der Waals surface area contributed by atoms with Crippen LogP contribution in [0.5, 0.6) is 0 Å². The van der Waals surface area contributed by atoms with Crippen LogP contribution in [0.1, 0.15) is 23.0 Å². The molecule has 3 nitrogen and oxygen atoms in total. The molecule has 19 heavy (non-hydrogen) atoms. The van der Waals surface area contributed by atoms with Crippen LogP contribution in [0.4, 0.5) is 0 Å². The van der Waals surface area contributed by atoms with Gasteiger partial charge in [0.25, 0.3) is 5.91 Å². The normalized spacial score (nSPS) is 10.5. The highest BCUT2D eigenvalue weighted by Crippen LogP contribution is 2.22. The second kappa shape index (κ2) is 6.17. The lowest BCUT2D eigenvalue weighted by molar-refractivity contribution is 0.0741. The summed E-state index contributed by atoms with van der Waals surface area (Å²) in [5, 5.41) is 0.431. The van der Waals surface area contributed by atoms with Crippen molar-refractivity contribution in [3.8, 4) is 0 Å². The van der Waals surface area contributed by atoms with E-state index in [1.165, 1.54) is 0 Å². The highest BCUT2D eigenvalue weighted by atomic mass is 35.5. The number of carbonyl (C=O) groups is 1. The maximum atomic E-state index is 12.4. The second-order valence-corrected chi connectivity index (χ2v) is 4.99. The van der Waals surface area contributed by atoms with Gasteiger partial charge >= 0.3 is 0 Å². The summed E-state index contributed by atoms with van der Waals surface area (Å²) in [6.45, 7) is 2.92. The molecule has 1 aromatic heterocycles. The van der Waals surface area contributed by atoms with Crippen LogP contribution in [-0.4, -0.2) is 17.4 Å². The fourth-order valence-electron chi connectivity index (χ4n) is 1.77. The van der Waals surface area contributed by atoms with Gasteiger partial charge in [-0.25, -0.2) is 0 Å². The average molecular weight is 296 g/mol. The van der Waals surface area contributed by atoms with Crippen molar-refractivity contribution in [2.75, 3.05) is 6.54 Å². The summed E-state index contributed by atoms with van der Waals surface area (Å²) >= 11 is 10.3. The summed E-state index contributed by atoms with van der Waals surface area (Å²) in [6.07, 6.45) is 1.59. The third kappa shape index (κ3) is 3.33. The van der Waals surface area contributed by atoms with Gasteiger partial charge in [0.1, 0.15) is 5.76 Å². The summed E-state index contributed by atoms with van der Waals surface area (Å²) in [5.41, 5.74) is 0.461. The number of halogens is 1. The van der Waals surface area contributed by atoms with E-state index in [-0.39, 0.29) is 5.91 Å². The summed E-state index contributed by atoms with van der Waals surface area (Å²) in [4.78, 5) is 14.8. The Bertz CT molecular complexity index is 569. The Kier molecular flexibility index (Phi) is 4.56. The van der Waals surface area contributed by atoms with Crippen LogP contribution in [0.15, 0.2) is 45.9 Å². The van der Waals surface area contributed by atoms with E-state index < -0.39 is 0 Å². The van der Waals surface area contributed by atoms with Gasteiger partial charge in [-0.2, -0.15) is 0 Å². The van der Waals surface area contributed by atoms with Crippen molar-refractivity contribution in [3.05, 3.63) is 52.9 Å². The Hall–Kier alpha value is -1.39. The van der Waals surface area contributed by atoms with E-state index in [1.807, 2.05) is 13.0 Å².